The number of aromatic nitrogens is 3. The molecular weight excluding hydrogens is 539 g/mol. The van der Waals surface area contributed by atoms with E-state index < -0.39 is 0 Å². The number of pyridine rings is 1. The Balaban J connectivity index is 1.26. The van der Waals surface area contributed by atoms with Gasteiger partial charge in [-0.05, 0) is 29.3 Å². The van der Waals surface area contributed by atoms with Gasteiger partial charge in [0, 0.05) is 57.0 Å². The van der Waals surface area contributed by atoms with Crippen LogP contribution in [0.3, 0.4) is 0 Å². The monoisotopic (exact) mass is 576 g/mol. The van der Waals surface area contributed by atoms with Gasteiger partial charge in [0.25, 0.3) is 0 Å². The van der Waals surface area contributed by atoms with Gasteiger partial charge in [-0.15, -0.1) is 22.7 Å². The van der Waals surface area contributed by atoms with Gasteiger partial charge in [-0.3, -0.25) is 0 Å². The third kappa shape index (κ3) is 6.98. The molecule has 0 N–H and O–H groups in total. The molecule has 0 aliphatic heterocycles. The van der Waals surface area contributed by atoms with Crippen molar-refractivity contribution in [3.8, 4) is 21.1 Å². The van der Waals surface area contributed by atoms with Crippen LogP contribution in [0, 0.1) is 0 Å². The Morgan fingerprint density at radius 1 is 0.561 bits per heavy atom. The van der Waals surface area contributed by atoms with Crippen LogP contribution in [0.15, 0.2) is 77.5 Å². The zero-order valence-corrected chi connectivity index (χ0v) is 26.6. The fourth-order valence-corrected chi connectivity index (χ4v) is 6.40. The predicted octanol–water partition coefficient (Wildman–Crippen LogP) is 9.69. The van der Waals surface area contributed by atoms with Crippen LogP contribution in [-0.2, 0) is 17.9 Å². The lowest BCUT2D eigenvalue weighted by Crippen LogP contribution is -2.35. The molecule has 3 heterocycles. The Hall–Kier alpha value is -3.67. The fraction of sp³-hybridized carbons (Fsp3) is 0.250. The molecule has 0 fully saturated rings. The lowest BCUT2D eigenvalue weighted by Gasteiger charge is -2.14. The van der Waals surface area contributed by atoms with Crippen molar-refractivity contribution in [2.24, 2.45) is 7.05 Å². The summed E-state index contributed by atoms with van der Waals surface area (Å²) in [6.07, 6.45) is 8.67. The van der Waals surface area contributed by atoms with E-state index in [9.17, 15) is 0 Å². The Morgan fingerprint density at radius 2 is 0.951 bits per heavy atom. The molecule has 0 unspecified atom stereocenters. The molecule has 2 aromatic carbocycles. The molecule has 5 heteroatoms. The number of hydrogen-bond donors (Lipinski definition) is 0. The van der Waals surface area contributed by atoms with Gasteiger partial charge in [0.05, 0.1) is 11.4 Å². The molecule has 3 nitrogen and oxygen atoms in total. The van der Waals surface area contributed by atoms with Crippen molar-refractivity contribution in [1.29, 1.82) is 0 Å². The summed E-state index contributed by atoms with van der Waals surface area (Å²) < 4.78 is 2.21. The number of rotatable bonds is 6. The maximum absolute atomic E-state index is 4.85. The van der Waals surface area contributed by atoms with Gasteiger partial charge < -0.3 is 0 Å². The minimum Gasteiger partial charge on any atom is -0.241 e. The molecule has 0 atom stereocenters. The predicted molar refractivity (Wildman–Crippen MR) is 178 cm³/mol. The van der Waals surface area contributed by atoms with Crippen LogP contribution in [0.5, 0.6) is 0 Å². The summed E-state index contributed by atoms with van der Waals surface area (Å²) in [7, 11) is 2.11. The van der Waals surface area contributed by atoms with E-state index >= 15 is 0 Å². The number of nitrogens with zero attached hydrogens (tertiary/aromatic N) is 3. The van der Waals surface area contributed by atoms with Gasteiger partial charge in [-0.1, -0.05) is 90.1 Å². The highest BCUT2D eigenvalue weighted by Gasteiger charge is 2.19. The molecule has 3 aromatic heterocycles. The van der Waals surface area contributed by atoms with Crippen molar-refractivity contribution in [2.75, 3.05) is 0 Å². The first-order chi connectivity index (χ1) is 19.5. The van der Waals surface area contributed by atoms with Gasteiger partial charge >= 0.3 is 0 Å². The Morgan fingerprint density at radius 3 is 1.29 bits per heavy atom. The van der Waals surface area contributed by atoms with Gasteiger partial charge in [0.1, 0.15) is 17.1 Å². The van der Waals surface area contributed by atoms with E-state index in [1.165, 1.54) is 0 Å². The van der Waals surface area contributed by atoms with E-state index in [0.29, 0.717) is 0 Å². The van der Waals surface area contributed by atoms with Crippen LogP contribution in [-0.4, -0.2) is 9.97 Å². The summed E-state index contributed by atoms with van der Waals surface area (Å²) >= 11 is 3.42. The van der Waals surface area contributed by atoms with E-state index in [4.69, 9.17) is 9.97 Å². The van der Waals surface area contributed by atoms with Crippen molar-refractivity contribution in [3.63, 3.8) is 0 Å². The maximum Gasteiger partial charge on any atom is 0.205 e. The summed E-state index contributed by atoms with van der Waals surface area (Å²) in [6.45, 7) is 13.2. The molecule has 0 spiro atoms. The maximum atomic E-state index is 4.85. The summed E-state index contributed by atoms with van der Waals surface area (Å²) in [5, 5.41) is 6.49. The normalized spacial score (nSPS) is 12.6. The quantitative estimate of drug-likeness (QED) is 0.188. The van der Waals surface area contributed by atoms with Gasteiger partial charge in [-0.25, -0.2) is 9.97 Å². The Labute approximate surface area is 252 Å². The molecule has 5 rings (SSSR count). The molecule has 0 radical (unpaired) electrons. The first-order valence-electron chi connectivity index (χ1n) is 14.0. The SMILES string of the molecule is C[n+]1c(/C=C/c2ccc(-c3nc(C(C)(C)C)cs3)cc2)cccc1/C=C/c1ccc(-c2nc(C(C)(C)C)cs2)cc1. The third-order valence-corrected chi connectivity index (χ3v) is 8.84. The van der Waals surface area contributed by atoms with Crippen molar-refractivity contribution >= 4 is 47.0 Å². The molecule has 0 aliphatic rings. The topological polar surface area (TPSA) is 29.7 Å². The van der Waals surface area contributed by atoms with Crippen LogP contribution in [0.4, 0.5) is 0 Å². The zero-order chi connectivity index (χ0) is 29.2. The second-order valence-electron chi connectivity index (χ2n) is 12.4. The molecular formula is C36H38N3S2+. The summed E-state index contributed by atoms with van der Waals surface area (Å²) in [5.74, 6) is 0. The van der Waals surface area contributed by atoms with Crippen molar-refractivity contribution in [2.45, 2.75) is 52.4 Å². The molecule has 208 valence electrons. The molecule has 0 saturated heterocycles. The minimum absolute atomic E-state index is 0.0694. The van der Waals surface area contributed by atoms with Gasteiger partial charge in [0.2, 0.25) is 11.4 Å². The highest BCUT2D eigenvalue weighted by atomic mass is 32.1. The van der Waals surface area contributed by atoms with Gasteiger partial charge in [-0.2, -0.15) is 4.57 Å². The van der Waals surface area contributed by atoms with E-state index in [1.807, 2.05) is 0 Å². The number of hydrogen-bond acceptors (Lipinski definition) is 4. The zero-order valence-electron chi connectivity index (χ0n) is 25.0. The van der Waals surface area contributed by atoms with Crippen LogP contribution >= 0.6 is 22.7 Å². The largest absolute Gasteiger partial charge is 0.241 e. The Bertz CT molecular complexity index is 1560. The van der Waals surface area contributed by atoms with Crippen LogP contribution < -0.4 is 4.57 Å². The lowest BCUT2D eigenvalue weighted by atomic mass is 9.93. The van der Waals surface area contributed by atoms with Crippen molar-refractivity contribution in [3.05, 3.63) is 111 Å². The summed E-state index contributed by atoms with van der Waals surface area (Å²) in [6, 6.07) is 23.7. The van der Waals surface area contributed by atoms with Crippen LogP contribution in [0.2, 0.25) is 0 Å². The standard InChI is InChI=1S/C36H38N3S2/c1-35(2,3)31-23-40-33(37-31)27-17-11-25(12-18-27)15-21-29-9-8-10-30(39(29)7)22-16-26-13-19-28(20-14-26)34-38-32(24-41-34)36(4,5)6/h8-24H,1-7H3/q+1/b21-15+,22-16+. The first kappa shape index (κ1) is 28.8. The van der Waals surface area contributed by atoms with E-state index in [0.717, 1.165) is 55.0 Å². The van der Waals surface area contributed by atoms with Crippen LogP contribution in [0.25, 0.3) is 45.4 Å². The molecule has 5 aromatic rings. The first-order valence-corrected chi connectivity index (χ1v) is 15.7. The highest BCUT2D eigenvalue weighted by molar-refractivity contribution is 7.13. The van der Waals surface area contributed by atoms with E-state index in [-0.39, 0.29) is 10.8 Å². The third-order valence-electron chi connectivity index (χ3n) is 7.06. The molecule has 0 bridgehead atoms. The van der Waals surface area contributed by atoms with Crippen molar-refractivity contribution < 1.29 is 4.57 Å². The number of thiazole rings is 2. The lowest BCUT2D eigenvalue weighted by molar-refractivity contribution is -0.675. The average molecular weight is 577 g/mol. The summed E-state index contributed by atoms with van der Waals surface area (Å²) in [5.41, 5.74) is 9.36. The van der Waals surface area contributed by atoms with Gasteiger partial charge in [0.15, 0.2) is 0 Å². The molecule has 0 saturated carbocycles. The second kappa shape index (κ2) is 11.7. The molecule has 0 aliphatic carbocycles. The summed E-state index contributed by atoms with van der Waals surface area (Å²) in [4.78, 5) is 9.70. The smallest absolute Gasteiger partial charge is 0.205 e. The van der Waals surface area contributed by atoms with Crippen LogP contribution in [0.1, 0.15) is 75.4 Å². The Kier molecular flexibility index (Phi) is 8.21. The minimum atomic E-state index is 0.0694. The number of benzene rings is 2. The average Bonchev–Trinajstić information content (AvgIpc) is 3.63. The fourth-order valence-electron chi connectivity index (χ4n) is 4.29. The van der Waals surface area contributed by atoms with E-state index in [1.54, 1.807) is 22.7 Å². The van der Waals surface area contributed by atoms with E-state index in [2.05, 4.69) is 155 Å². The highest BCUT2D eigenvalue weighted by Crippen LogP contribution is 2.31. The molecule has 41 heavy (non-hydrogen) atoms. The van der Waals surface area contributed by atoms with Crippen molar-refractivity contribution in [1.82, 2.24) is 9.97 Å². The second-order valence-corrected chi connectivity index (χ2v) is 14.1. The molecule has 0 amide bonds.